The van der Waals surface area contributed by atoms with Crippen LogP contribution in [0.3, 0.4) is 0 Å². The highest BCUT2D eigenvalue weighted by Gasteiger charge is 2.57. The molecule has 3 heterocycles. The topological polar surface area (TPSA) is 36.9 Å². The zero-order valence-corrected chi connectivity index (χ0v) is 5.91. The van der Waals surface area contributed by atoms with Gasteiger partial charge in [-0.05, 0) is 0 Å². The summed E-state index contributed by atoms with van der Waals surface area (Å²) in [5.41, 5.74) is 0. The van der Waals surface area contributed by atoms with Crippen molar-refractivity contribution in [2.45, 2.75) is 18.3 Å². The van der Waals surface area contributed by atoms with Gasteiger partial charge in [-0.2, -0.15) is 0 Å². The van der Waals surface area contributed by atoms with Gasteiger partial charge in [0.1, 0.15) is 6.26 Å². The van der Waals surface area contributed by atoms with Crippen molar-refractivity contribution in [3.63, 3.8) is 0 Å². The maximum absolute atomic E-state index is 5.31. The third-order valence-corrected chi connectivity index (χ3v) is 2.29. The average molecular weight is 156 g/mol. The van der Waals surface area contributed by atoms with Gasteiger partial charge in [-0.1, -0.05) is 0 Å². The third kappa shape index (κ3) is 0.570. The Kier molecular flexibility index (Phi) is 0.906. The molecule has 11 heavy (non-hydrogen) atoms. The van der Waals surface area contributed by atoms with Gasteiger partial charge in [0.25, 0.3) is 0 Å². The van der Waals surface area contributed by atoms with Crippen molar-refractivity contribution in [1.29, 1.82) is 0 Å². The summed E-state index contributed by atoms with van der Waals surface area (Å²) in [5, 5.41) is 0. The van der Waals surface area contributed by atoms with Crippen LogP contribution < -0.4 is 0 Å². The van der Waals surface area contributed by atoms with Crippen LogP contribution in [0.4, 0.5) is 0 Å². The summed E-state index contributed by atoms with van der Waals surface area (Å²) in [6, 6.07) is 0. The molecule has 0 aromatic carbocycles. The van der Waals surface area contributed by atoms with E-state index in [4.69, 9.17) is 18.9 Å². The second kappa shape index (κ2) is 1.70. The fourth-order valence-electron chi connectivity index (χ4n) is 1.59. The van der Waals surface area contributed by atoms with E-state index in [1.165, 1.54) is 0 Å². The van der Waals surface area contributed by atoms with Crippen LogP contribution in [0.25, 0.3) is 0 Å². The molecular weight excluding hydrogens is 148 g/mol. The highest BCUT2D eigenvalue weighted by atomic mass is 16.8. The fraction of sp³-hybridized carbons (Fsp3) is 0.714. The molecule has 4 heteroatoms. The zero-order valence-electron chi connectivity index (χ0n) is 5.91. The van der Waals surface area contributed by atoms with Crippen molar-refractivity contribution in [1.82, 2.24) is 0 Å². The van der Waals surface area contributed by atoms with Gasteiger partial charge in [-0.25, -0.2) is 0 Å². The van der Waals surface area contributed by atoms with Crippen LogP contribution >= 0.6 is 0 Å². The zero-order chi connectivity index (χ0) is 7.31. The van der Waals surface area contributed by atoms with Crippen molar-refractivity contribution in [2.75, 3.05) is 13.4 Å². The molecule has 2 saturated heterocycles. The molecule has 2 unspecified atom stereocenters. The van der Waals surface area contributed by atoms with E-state index in [2.05, 4.69) is 0 Å². The van der Waals surface area contributed by atoms with Gasteiger partial charge in [-0.3, -0.25) is 0 Å². The first-order valence-electron chi connectivity index (χ1n) is 3.67. The first-order chi connectivity index (χ1) is 5.41. The Hall–Kier alpha value is -0.740. The summed E-state index contributed by atoms with van der Waals surface area (Å²) in [7, 11) is 0. The van der Waals surface area contributed by atoms with Crippen LogP contribution in [0, 0.1) is 0 Å². The van der Waals surface area contributed by atoms with Crippen molar-refractivity contribution in [3.05, 3.63) is 12.0 Å². The Morgan fingerprint density at radius 1 is 1.55 bits per heavy atom. The Morgan fingerprint density at radius 2 is 2.45 bits per heavy atom. The van der Waals surface area contributed by atoms with E-state index in [0.29, 0.717) is 6.79 Å². The lowest BCUT2D eigenvalue weighted by molar-refractivity contribution is -0.309. The molecule has 0 aromatic heterocycles. The smallest absolute Gasteiger partial charge is 0.246 e. The maximum Gasteiger partial charge on any atom is 0.246 e. The highest BCUT2D eigenvalue weighted by molar-refractivity contribution is 5.14. The SMILES string of the molecule is C1=C2OCOC2C2(CCO2)O1. The monoisotopic (exact) mass is 156 g/mol. The molecule has 0 bridgehead atoms. The normalized spacial score (nSPS) is 45.8. The molecule has 0 N–H and O–H groups in total. The summed E-state index contributed by atoms with van der Waals surface area (Å²) < 4.78 is 21.1. The molecule has 3 rings (SSSR count). The predicted molar refractivity (Wildman–Crippen MR) is 33.3 cm³/mol. The Bertz CT molecular complexity index is 218. The highest BCUT2D eigenvalue weighted by Crippen LogP contribution is 2.43. The molecule has 2 fully saturated rings. The number of rotatable bonds is 0. The number of fused-ring (bicyclic) bond motifs is 2. The van der Waals surface area contributed by atoms with Crippen LogP contribution in [0.15, 0.2) is 12.0 Å². The van der Waals surface area contributed by atoms with Gasteiger partial charge in [-0.15, -0.1) is 0 Å². The summed E-state index contributed by atoms with van der Waals surface area (Å²) >= 11 is 0. The first kappa shape index (κ1) is 5.85. The summed E-state index contributed by atoms with van der Waals surface area (Å²) in [5.74, 6) is 0.246. The minimum Gasteiger partial charge on any atom is -0.466 e. The lowest BCUT2D eigenvalue weighted by atomic mass is 10.0. The van der Waals surface area contributed by atoms with E-state index in [1.54, 1.807) is 6.26 Å². The molecule has 0 aromatic rings. The molecule has 2 atom stereocenters. The molecule has 60 valence electrons. The molecule has 0 amide bonds. The average Bonchev–Trinajstić information content (AvgIpc) is 2.38. The van der Waals surface area contributed by atoms with Crippen LogP contribution in [0.1, 0.15) is 6.42 Å². The van der Waals surface area contributed by atoms with Crippen LogP contribution in [-0.2, 0) is 18.9 Å². The number of ether oxygens (including phenoxy) is 4. The Labute approximate surface area is 63.7 Å². The van der Waals surface area contributed by atoms with Crippen LogP contribution in [-0.4, -0.2) is 25.3 Å². The van der Waals surface area contributed by atoms with Crippen molar-refractivity contribution >= 4 is 0 Å². The van der Waals surface area contributed by atoms with E-state index >= 15 is 0 Å². The first-order valence-corrected chi connectivity index (χ1v) is 3.67. The van der Waals surface area contributed by atoms with Gasteiger partial charge in [0.05, 0.1) is 6.61 Å². The lowest BCUT2D eigenvalue weighted by Gasteiger charge is -2.39. The second-order valence-electron chi connectivity index (χ2n) is 2.86. The number of hydrogen-bond donors (Lipinski definition) is 0. The van der Waals surface area contributed by atoms with Crippen molar-refractivity contribution in [2.24, 2.45) is 0 Å². The number of hydrogen-bond acceptors (Lipinski definition) is 4. The molecule has 4 nitrogen and oxygen atoms in total. The molecular formula is C7H8O4. The third-order valence-electron chi connectivity index (χ3n) is 2.29. The fourth-order valence-corrected chi connectivity index (χ4v) is 1.59. The van der Waals surface area contributed by atoms with Gasteiger partial charge >= 0.3 is 0 Å². The maximum atomic E-state index is 5.31. The van der Waals surface area contributed by atoms with Crippen molar-refractivity contribution < 1.29 is 18.9 Å². The summed E-state index contributed by atoms with van der Waals surface area (Å²) in [6.45, 7) is 1.08. The van der Waals surface area contributed by atoms with Crippen molar-refractivity contribution in [3.8, 4) is 0 Å². The largest absolute Gasteiger partial charge is 0.466 e. The van der Waals surface area contributed by atoms with Gasteiger partial charge in [0.15, 0.2) is 18.7 Å². The molecule has 0 radical (unpaired) electrons. The second-order valence-corrected chi connectivity index (χ2v) is 2.86. The summed E-state index contributed by atoms with van der Waals surface area (Å²) in [6.07, 6.45) is 2.37. The van der Waals surface area contributed by atoms with Crippen LogP contribution in [0.2, 0.25) is 0 Å². The molecule has 3 aliphatic heterocycles. The Morgan fingerprint density at radius 3 is 3.18 bits per heavy atom. The van der Waals surface area contributed by atoms with E-state index in [-0.39, 0.29) is 6.10 Å². The molecule has 3 aliphatic rings. The van der Waals surface area contributed by atoms with E-state index in [0.717, 1.165) is 18.8 Å². The molecule has 1 spiro atoms. The molecule has 0 aliphatic carbocycles. The van der Waals surface area contributed by atoms with Gasteiger partial charge in [0, 0.05) is 6.42 Å². The van der Waals surface area contributed by atoms with E-state index in [1.807, 2.05) is 0 Å². The van der Waals surface area contributed by atoms with Gasteiger partial charge in [0.2, 0.25) is 5.79 Å². The van der Waals surface area contributed by atoms with Gasteiger partial charge < -0.3 is 18.9 Å². The predicted octanol–water partition coefficient (Wildman–Crippen LogP) is 0.347. The van der Waals surface area contributed by atoms with E-state index < -0.39 is 5.79 Å². The quantitative estimate of drug-likeness (QED) is 0.507. The minimum absolute atomic E-state index is 0.115. The minimum atomic E-state index is -0.522. The standard InChI is InChI=1S/C7H8O4/c1-2-10-7(1)6-5(3-11-7)8-4-9-6/h3,6H,1-2,4H2. The summed E-state index contributed by atoms with van der Waals surface area (Å²) in [4.78, 5) is 0. The van der Waals surface area contributed by atoms with E-state index in [9.17, 15) is 0 Å². The Balaban J connectivity index is 1.92. The van der Waals surface area contributed by atoms with Crippen LogP contribution in [0.5, 0.6) is 0 Å². The lowest BCUT2D eigenvalue weighted by Crippen LogP contribution is -2.52. The molecule has 0 saturated carbocycles.